The Morgan fingerprint density at radius 1 is 0.927 bits per heavy atom. The van der Waals surface area contributed by atoms with Crippen molar-refractivity contribution in [2.24, 2.45) is 0 Å². The number of carboxylic acid groups (broad SMARTS) is 1. The topological polar surface area (TPSA) is 108 Å². The van der Waals surface area contributed by atoms with E-state index in [9.17, 15) is 19.5 Å². The summed E-state index contributed by atoms with van der Waals surface area (Å²) in [7, 11) is 0. The first-order valence-corrected chi connectivity index (χ1v) is 14.6. The first-order chi connectivity index (χ1) is 19.7. The van der Waals surface area contributed by atoms with Gasteiger partial charge in [-0.05, 0) is 43.5 Å². The molecule has 2 fully saturated rings. The molecule has 3 N–H and O–H groups in total. The Bertz CT molecular complexity index is 1270. The first kappa shape index (κ1) is 30.1. The van der Waals surface area contributed by atoms with E-state index in [4.69, 9.17) is 4.74 Å². The van der Waals surface area contributed by atoms with Crippen molar-refractivity contribution < 1.29 is 24.2 Å². The maximum Gasteiger partial charge on any atom is 0.327 e. The van der Waals surface area contributed by atoms with Crippen LogP contribution < -0.4 is 15.4 Å². The number of hydrogen-bond donors (Lipinski definition) is 3. The van der Waals surface area contributed by atoms with E-state index in [1.54, 1.807) is 26.0 Å². The van der Waals surface area contributed by atoms with Gasteiger partial charge in [-0.25, -0.2) is 4.79 Å². The summed E-state index contributed by atoms with van der Waals surface area (Å²) >= 11 is 1.40. The van der Waals surface area contributed by atoms with Gasteiger partial charge in [0.2, 0.25) is 5.91 Å². The molecular formula is C32H37N3O5S. The number of amides is 2. The van der Waals surface area contributed by atoms with E-state index in [0.717, 1.165) is 13.1 Å². The van der Waals surface area contributed by atoms with Gasteiger partial charge in [-0.1, -0.05) is 85.8 Å². The number of aliphatic carboxylic acids is 1. The van der Waals surface area contributed by atoms with Gasteiger partial charge in [-0.15, -0.1) is 11.8 Å². The second-order valence-corrected chi connectivity index (χ2v) is 12.3. The van der Waals surface area contributed by atoms with Crippen LogP contribution in [-0.2, 0) is 27.5 Å². The lowest BCUT2D eigenvalue weighted by atomic mass is 9.96. The summed E-state index contributed by atoms with van der Waals surface area (Å²) in [4.78, 5) is 37.9. The fourth-order valence-electron chi connectivity index (χ4n) is 4.92. The number of β-lactam (4-membered cyclic amide) rings is 1. The first-order valence-electron chi connectivity index (χ1n) is 13.7. The van der Waals surface area contributed by atoms with Crippen LogP contribution in [0.25, 0.3) is 0 Å². The second-order valence-electron chi connectivity index (χ2n) is 10.5. The molecule has 2 amide bonds. The van der Waals surface area contributed by atoms with E-state index >= 15 is 0 Å². The zero-order valence-corrected chi connectivity index (χ0v) is 24.3. The summed E-state index contributed by atoms with van der Waals surface area (Å²) in [5, 5.41) is 15.2. The van der Waals surface area contributed by atoms with Crippen LogP contribution in [0.3, 0.4) is 0 Å². The summed E-state index contributed by atoms with van der Waals surface area (Å²) < 4.78 is 5.09. The van der Waals surface area contributed by atoms with Crippen LogP contribution in [0.5, 0.6) is 5.75 Å². The molecule has 5 rings (SSSR count). The lowest BCUT2D eigenvalue weighted by Gasteiger charge is -2.43. The molecule has 0 aliphatic carbocycles. The number of nitrogens with zero attached hydrogens (tertiary/aromatic N) is 1. The molecule has 4 atom stereocenters. The minimum absolute atomic E-state index is 0.358. The molecular weight excluding hydrogens is 538 g/mol. The molecule has 216 valence electrons. The number of carbonyl (C=O) groups excluding carboxylic acids is 2. The zero-order valence-electron chi connectivity index (χ0n) is 23.5. The van der Waals surface area contributed by atoms with Gasteiger partial charge >= 0.3 is 5.97 Å². The molecule has 3 aromatic rings. The molecule has 9 heteroatoms. The van der Waals surface area contributed by atoms with E-state index in [1.807, 2.05) is 37.3 Å². The summed E-state index contributed by atoms with van der Waals surface area (Å²) in [6.07, 6.45) is -0.263. The molecule has 2 aliphatic heterocycles. The van der Waals surface area contributed by atoms with Gasteiger partial charge in [0.1, 0.15) is 23.2 Å². The Morgan fingerprint density at radius 3 is 1.93 bits per heavy atom. The lowest BCUT2D eigenvalue weighted by Crippen LogP contribution is -2.71. The summed E-state index contributed by atoms with van der Waals surface area (Å²) in [6.45, 7) is 7.28. The molecule has 0 aromatic heterocycles. The number of carboxylic acids is 1. The monoisotopic (exact) mass is 575 g/mol. The molecule has 4 unspecified atom stereocenters. The molecule has 8 nitrogen and oxygen atoms in total. The van der Waals surface area contributed by atoms with Gasteiger partial charge < -0.3 is 25.4 Å². The molecule has 0 bridgehead atoms. The number of benzene rings is 3. The van der Waals surface area contributed by atoms with Gasteiger partial charge in [0, 0.05) is 17.8 Å². The Labute approximate surface area is 245 Å². The van der Waals surface area contributed by atoms with E-state index < -0.39 is 28.9 Å². The highest BCUT2D eigenvalue weighted by molar-refractivity contribution is 8.01. The number of nitrogens with one attached hydrogen (secondary N) is 2. The SMILES string of the molecule is CCC(Oc1ccccc1)C(=O)NC1C(=O)N2C1SC(C)(C)C2C(=O)O.c1ccc(CNCc2ccccc2)cc1. The third kappa shape index (κ3) is 7.48. The summed E-state index contributed by atoms with van der Waals surface area (Å²) in [6, 6.07) is 28.3. The van der Waals surface area contributed by atoms with Crippen LogP contribution in [0.4, 0.5) is 0 Å². The highest BCUT2D eigenvalue weighted by atomic mass is 32.2. The highest BCUT2D eigenvalue weighted by Crippen LogP contribution is 2.50. The normalized spacial score (nSPS) is 21.0. The third-order valence-corrected chi connectivity index (χ3v) is 8.57. The van der Waals surface area contributed by atoms with Crippen molar-refractivity contribution in [3.8, 4) is 5.75 Å². The number of rotatable bonds is 10. The van der Waals surface area contributed by atoms with Crippen molar-refractivity contribution in [2.45, 2.75) is 68.6 Å². The van der Waals surface area contributed by atoms with Crippen LogP contribution >= 0.6 is 11.8 Å². The largest absolute Gasteiger partial charge is 0.481 e. The predicted octanol–water partition coefficient (Wildman–Crippen LogP) is 4.45. The molecule has 0 saturated carbocycles. The number of fused-ring (bicyclic) bond motifs is 1. The lowest BCUT2D eigenvalue weighted by molar-refractivity contribution is -0.161. The predicted molar refractivity (Wildman–Crippen MR) is 160 cm³/mol. The van der Waals surface area contributed by atoms with E-state index in [2.05, 4.69) is 59.2 Å². The Hall–Kier alpha value is -3.82. The van der Waals surface area contributed by atoms with Crippen LogP contribution in [-0.4, -0.2) is 56.1 Å². The molecule has 3 aromatic carbocycles. The molecule has 2 heterocycles. The quantitative estimate of drug-likeness (QED) is 0.307. The molecule has 0 spiro atoms. The third-order valence-electron chi connectivity index (χ3n) is 7.00. The van der Waals surface area contributed by atoms with Crippen LogP contribution in [0, 0.1) is 0 Å². The average molecular weight is 576 g/mol. The average Bonchev–Trinajstić information content (AvgIpc) is 3.24. The number of para-hydroxylation sites is 1. The number of ether oxygens (including phenoxy) is 1. The summed E-state index contributed by atoms with van der Waals surface area (Å²) in [5.74, 6) is -1.17. The second kappa shape index (κ2) is 13.7. The Balaban J connectivity index is 0.000000218. The smallest absolute Gasteiger partial charge is 0.327 e. The number of carbonyl (C=O) groups is 3. The molecule has 41 heavy (non-hydrogen) atoms. The Kier molecular flexibility index (Phi) is 10.1. The Morgan fingerprint density at radius 2 is 1.44 bits per heavy atom. The molecule has 2 saturated heterocycles. The van der Waals surface area contributed by atoms with Crippen molar-refractivity contribution in [1.29, 1.82) is 0 Å². The maximum absolute atomic E-state index is 12.6. The van der Waals surface area contributed by atoms with Crippen LogP contribution in [0.15, 0.2) is 91.0 Å². The fraction of sp³-hybridized carbons (Fsp3) is 0.344. The van der Waals surface area contributed by atoms with Gasteiger partial charge in [0.15, 0.2) is 6.10 Å². The number of thioether (sulfide) groups is 1. The maximum atomic E-state index is 12.6. The standard InChI is InChI=1S/C18H22N2O5S.C14H15N/c1-4-11(25-10-8-6-5-7-9-10)14(21)19-12-15(22)20-13(17(23)24)18(2,3)26-16(12)20;1-3-7-13(8-4-1)11-15-12-14-9-5-2-6-10-14/h5-9,11-13,16H,4H2,1-3H3,(H,19,21)(H,23,24);1-10,15H,11-12H2. The van der Waals surface area contributed by atoms with Crippen molar-refractivity contribution in [3.63, 3.8) is 0 Å². The van der Waals surface area contributed by atoms with Crippen molar-refractivity contribution in [1.82, 2.24) is 15.5 Å². The van der Waals surface area contributed by atoms with Gasteiger partial charge in [-0.2, -0.15) is 0 Å². The fourth-order valence-corrected chi connectivity index (χ4v) is 6.55. The van der Waals surface area contributed by atoms with E-state index in [0.29, 0.717) is 12.2 Å². The van der Waals surface area contributed by atoms with Gasteiger partial charge in [0.25, 0.3) is 5.91 Å². The molecule has 0 radical (unpaired) electrons. The van der Waals surface area contributed by atoms with Crippen LogP contribution in [0.2, 0.25) is 0 Å². The minimum atomic E-state index is -1.03. The van der Waals surface area contributed by atoms with Crippen molar-refractivity contribution in [3.05, 3.63) is 102 Å². The highest BCUT2D eigenvalue weighted by Gasteiger charge is 2.64. The minimum Gasteiger partial charge on any atom is -0.481 e. The van der Waals surface area contributed by atoms with E-state index in [1.165, 1.54) is 27.8 Å². The molecule has 2 aliphatic rings. The van der Waals surface area contributed by atoms with E-state index in [-0.39, 0.29) is 17.2 Å². The van der Waals surface area contributed by atoms with Crippen molar-refractivity contribution >= 4 is 29.5 Å². The van der Waals surface area contributed by atoms with Crippen LogP contribution in [0.1, 0.15) is 38.3 Å². The summed E-state index contributed by atoms with van der Waals surface area (Å²) in [5.41, 5.74) is 2.65. The van der Waals surface area contributed by atoms with Gasteiger partial charge in [0.05, 0.1) is 0 Å². The van der Waals surface area contributed by atoms with Gasteiger partial charge in [-0.3, -0.25) is 9.59 Å². The van der Waals surface area contributed by atoms with Crippen molar-refractivity contribution in [2.75, 3.05) is 0 Å². The number of hydrogen-bond acceptors (Lipinski definition) is 6. The zero-order chi connectivity index (χ0) is 29.4.